The number of hydrogen-bond donors (Lipinski definition) is 3. The Hall–Kier alpha value is -1.27. The lowest BCUT2D eigenvalue weighted by Crippen LogP contribution is -2.45. The van der Waals surface area contributed by atoms with Crippen molar-refractivity contribution in [2.75, 3.05) is 13.2 Å². The molecule has 2 atom stereocenters. The van der Waals surface area contributed by atoms with Crippen LogP contribution < -0.4 is 15.4 Å². The molecule has 0 aliphatic heterocycles. The van der Waals surface area contributed by atoms with Crippen LogP contribution in [0.15, 0.2) is 28.7 Å². The molecule has 0 bridgehead atoms. The van der Waals surface area contributed by atoms with E-state index in [0.717, 1.165) is 10.2 Å². The van der Waals surface area contributed by atoms with Crippen LogP contribution in [-0.4, -0.2) is 36.4 Å². The number of carbonyl (C=O) groups is 1. The van der Waals surface area contributed by atoms with Crippen molar-refractivity contribution in [2.45, 2.75) is 26.0 Å². The number of rotatable bonds is 6. The highest BCUT2D eigenvalue weighted by Gasteiger charge is 2.09. The summed E-state index contributed by atoms with van der Waals surface area (Å²) in [7, 11) is 0. The molecule has 6 heteroatoms. The standard InChI is InChI=1S/C13H19BrN2O3/c1-9(8-17)16-13(18)15-7-10(2)19-12-5-3-4-11(14)6-12/h3-6,9-10,17H,7-8H2,1-2H3,(H2,15,16,18). The third kappa shape index (κ3) is 6.45. The van der Waals surface area contributed by atoms with Crippen molar-refractivity contribution in [3.05, 3.63) is 28.7 Å². The molecule has 3 N–H and O–H groups in total. The number of ether oxygens (including phenoxy) is 1. The maximum absolute atomic E-state index is 11.4. The van der Waals surface area contributed by atoms with Crippen LogP contribution >= 0.6 is 15.9 Å². The summed E-state index contributed by atoms with van der Waals surface area (Å²) in [5.74, 6) is 0.743. The number of aliphatic hydroxyl groups excluding tert-OH is 1. The number of amides is 2. The largest absolute Gasteiger partial charge is 0.489 e. The van der Waals surface area contributed by atoms with Crippen LogP contribution in [0.5, 0.6) is 5.75 Å². The lowest BCUT2D eigenvalue weighted by molar-refractivity contribution is 0.200. The van der Waals surface area contributed by atoms with E-state index in [4.69, 9.17) is 9.84 Å². The smallest absolute Gasteiger partial charge is 0.315 e. The SMILES string of the molecule is CC(CO)NC(=O)NCC(C)Oc1cccc(Br)c1. The summed E-state index contributed by atoms with van der Waals surface area (Å²) in [6.45, 7) is 3.89. The molecule has 19 heavy (non-hydrogen) atoms. The zero-order valence-corrected chi connectivity index (χ0v) is 12.6. The highest BCUT2D eigenvalue weighted by atomic mass is 79.9. The first-order valence-corrected chi connectivity index (χ1v) is 6.88. The van der Waals surface area contributed by atoms with Gasteiger partial charge in [0.1, 0.15) is 11.9 Å². The normalized spacial score (nSPS) is 13.5. The fourth-order valence-electron chi connectivity index (χ4n) is 1.37. The molecule has 5 nitrogen and oxygen atoms in total. The van der Waals surface area contributed by atoms with Gasteiger partial charge in [-0.25, -0.2) is 4.79 Å². The van der Waals surface area contributed by atoms with Crippen molar-refractivity contribution in [3.63, 3.8) is 0 Å². The molecular formula is C13H19BrN2O3. The van der Waals surface area contributed by atoms with Gasteiger partial charge in [0.05, 0.1) is 19.2 Å². The predicted octanol–water partition coefficient (Wildman–Crippen LogP) is 1.90. The van der Waals surface area contributed by atoms with Gasteiger partial charge in [0.15, 0.2) is 0 Å². The molecule has 2 unspecified atom stereocenters. The lowest BCUT2D eigenvalue weighted by atomic mass is 10.3. The Balaban J connectivity index is 2.31. The molecule has 0 radical (unpaired) electrons. The van der Waals surface area contributed by atoms with Gasteiger partial charge in [-0.05, 0) is 32.0 Å². The molecule has 106 valence electrons. The molecule has 0 heterocycles. The van der Waals surface area contributed by atoms with Crippen LogP contribution in [-0.2, 0) is 0 Å². The van der Waals surface area contributed by atoms with Crippen molar-refractivity contribution < 1.29 is 14.6 Å². The molecule has 0 spiro atoms. The van der Waals surface area contributed by atoms with Gasteiger partial charge in [-0.2, -0.15) is 0 Å². The van der Waals surface area contributed by atoms with Gasteiger partial charge < -0.3 is 20.5 Å². The van der Waals surface area contributed by atoms with E-state index in [0.29, 0.717) is 6.54 Å². The van der Waals surface area contributed by atoms with Gasteiger partial charge in [0.25, 0.3) is 0 Å². The highest BCUT2D eigenvalue weighted by molar-refractivity contribution is 9.10. The van der Waals surface area contributed by atoms with E-state index in [9.17, 15) is 4.79 Å². The average molecular weight is 331 g/mol. The summed E-state index contributed by atoms with van der Waals surface area (Å²) in [5.41, 5.74) is 0. The fraction of sp³-hybridized carbons (Fsp3) is 0.462. The average Bonchev–Trinajstić information content (AvgIpc) is 2.36. The molecule has 0 saturated heterocycles. The highest BCUT2D eigenvalue weighted by Crippen LogP contribution is 2.18. The van der Waals surface area contributed by atoms with Gasteiger partial charge in [-0.3, -0.25) is 0 Å². The van der Waals surface area contributed by atoms with Crippen molar-refractivity contribution in [2.24, 2.45) is 0 Å². The van der Waals surface area contributed by atoms with E-state index < -0.39 is 0 Å². The number of nitrogens with one attached hydrogen (secondary N) is 2. The molecule has 1 rings (SSSR count). The second-order valence-corrected chi connectivity index (χ2v) is 5.24. The topological polar surface area (TPSA) is 70.6 Å². The summed E-state index contributed by atoms with van der Waals surface area (Å²) in [6, 6.07) is 6.95. The van der Waals surface area contributed by atoms with Gasteiger partial charge in [0, 0.05) is 4.47 Å². The Bertz CT molecular complexity index is 415. The minimum absolute atomic E-state index is 0.0858. The van der Waals surface area contributed by atoms with Gasteiger partial charge in [-0.15, -0.1) is 0 Å². The van der Waals surface area contributed by atoms with Crippen LogP contribution in [0, 0.1) is 0 Å². The lowest BCUT2D eigenvalue weighted by Gasteiger charge is -2.17. The Labute approximate surface area is 121 Å². The minimum Gasteiger partial charge on any atom is -0.489 e. The number of hydrogen-bond acceptors (Lipinski definition) is 3. The molecule has 0 aromatic heterocycles. The Morgan fingerprint density at radius 1 is 1.47 bits per heavy atom. The van der Waals surface area contributed by atoms with Crippen LogP contribution in [0.1, 0.15) is 13.8 Å². The van der Waals surface area contributed by atoms with Gasteiger partial charge >= 0.3 is 6.03 Å². The van der Waals surface area contributed by atoms with E-state index in [1.165, 1.54) is 0 Å². The van der Waals surface area contributed by atoms with Crippen molar-refractivity contribution in [1.82, 2.24) is 10.6 Å². The van der Waals surface area contributed by atoms with Gasteiger partial charge in [-0.1, -0.05) is 22.0 Å². The summed E-state index contributed by atoms with van der Waals surface area (Å²) in [4.78, 5) is 11.4. The molecule has 0 fully saturated rings. The zero-order chi connectivity index (χ0) is 14.3. The van der Waals surface area contributed by atoms with E-state index in [2.05, 4.69) is 26.6 Å². The van der Waals surface area contributed by atoms with E-state index in [-0.39, 0.29) is 24.8 Å². The number of aliphatic hydroxyl groups is 1. The Kier molecular flexibility index (Phi) is 6.66. The molecule has 1 aromatic carbocycles. The van der Waals surface area contributed by atoms with E-state index in [1.807, 2.05) is 31.2 Å². The number of urea groups is 1. The number of benzene rings is 1. The third-order valence-electron chi connectivity index (χ3n) is 2.33. The molecule has 0 saturated carbocycles. The Morgan fingerprint density at radius 2 is 2.21 bits per heavy atom. The van der Waals surface area contributed by atoms with Crippen LogP contribution in [0.4, 0.5) is 4.79 Å². The number of carbonyl (C=O) groups excluding carboxylic acids is 1. The first kappa shape index (κ1) is 15.8. The molecule has 1 aromatic rings. The number of halogens is 1. The fourth-order valence-corrected chi connectivity index (χ4v) is 1.75. The van der Waals surface area contributed by atoms with Crippen LogP contribution in [0.2, 0.25) is 0 Å². The third-order valence-corrected chi connectivity index (χ3v) is 2.83. The maximum atomic E-state index is 11.4. The molecular weight excluding hydrogens is 312 g/mol. The summed E-state index contributed by atoms with van der Waals surface area (Å²) in [6.07, 6.45) is -0.149. The molecule has 2 amide bonds. The Morgan fingerprint density at radius 3 is 2.84 bits per heavy atom. The first-order valence-electron chi connectivity index (χ1n) is 6.08. The van der Waals surface area contributed by atoms with Crippen LogP contribution in [0.3, 0.4) is 0 Å². The van der Waals surface area contributed by atoms with E-state index >= 15 is 0 Å². The summed E-state index contributed by atoms with van der Waals surface area (Å²) >= 11 is 3.37. The van der Waals surface area contributed by atoms with Crippen molar-refractivity contribution in [1.29, 1.82) is 0 Å². The monoisotopic (exact) mass is 330 g/mol. The zero-order valence-electron chi connectivity index (χ0n) is 11.0. The second kappa shape index (κ2) is 8.01. The molecule has 0 aliphatic carbocycles. The quantitative estimate of drug-likeness (QED) is 0.746. The minimum atomic E-state index is -0.314. The van der Waals surface area contributed by atoms with E-state index in [1.54, 1.807) is 6.92 Å². The van der Waals surface area contributed by atoms with Crippen molar-refractivity contribution >= 4 is 22.0 Å². The summed E-state index contributed by atoms with van der Waals surface area (Å²) in [5, 5.41) is 14.1. The summed E-state index contributed by atoms with van der Waals surface area (Å²) < 4.78 is 6.60. The maximum Gasteiger partial charge on any atom is 0.315 e. The first-order chi connectivity index (χ1) is 9.01. The molecule has 0 aliphatic rings. The second-order valence-electron chi connectivity index (χ2n) is 4.32. The predicted molar refractivity (Wildman–Crippen MR) is 77.3 cm³/mol. The van der Waals surface area contributed by atoms with Crippen molar-refractivity contribution in [3.8, 4) is 5.75 Å². The van der Waals surface area contributed by atoms with Crippen LogP contribution in [0.25, 0.3) is 0 Å². The van der Waals surface area contributed by atoms with Gasteiger partial charge in [0.2, 0.25) is 0 Å².